The van der Waals surface area contributed by atoms with Crippen LogP contribution in [0, 0.1) is 0 Å². The Balaban J connectivity index is 1.10. The van der Waals surface area contributed by atoms with Gasteiger partial charge in [-0.05, 0) is 71.2 Å². The minimum atomic E-state index is -0.828. The van der Waals surface area contributed by atoms with Crippen LogP contribution in [0.2, 0.25) is 0 Å². The van der Waals surface area contributed by atoms with Crippen molar-refractivity contribution in [1.29, 1.82) is 0 Å². The van der Waals surface area contributed by atoms with Gasteiger partial charge >= 0.3 is 24.4 Å². The number of methoxy groups -OCH3 is 4. The number of para-hydroxylation sites is 4. The number of likely N-dealkylation sites (tertiary alicyclic amines) is 4. The number of anilines is 4. The summed E-state index contributed by atoms with van der Waals surface area (Å²) >= 11 is 0. The summed E-state index contributed by atoms with van der Waals surface area (Å²) in [6.45, 7) is 1.75. The van der Waals surface area contributed by atoms with Gasteiger partial charge < -0.3 is 40.2 Å². The molecule has 16 nitrogen and oxygen atoms in total. The van der Waals surface area contributed by atoms with Gasteiger partial charge in [0.1, 0.15) is 24.7 Å². The summed E-state index contributed by atoms with van der Waals surface area (Å²) in [7, 11) is 5.65. The molecule has 12 rings (SSSR count). The maximum absolute atomic E-state index is 14.1. The summed E-state index contributed by atoms with van der Waals surface area (Å²) in [5.41, 5.74) is 6.97. The van der Waals surface area contributed by atoms with Crippen LogP contribution in [0.3, 0.4) is 0 Å². The highest BCUT2D eigenvalue weighted by Crippen LogP contribution is 2.70. The van der Waals surface area contributed by atoms with Crippen LogP contribution in [-0.2, 0) is 40.6 Å². The molecule has 64 heavy (non-hydrogen) atoms. The number of carbonyl (C=O) groups is 4. The normalized spacial score (nSPS) is 31.5. The molecule has 4 N–H and O–H groups in total. The van der Waals surface area contributed by atoms with Gasteiger partial charge in [-0.2, -0.15) is 0 Å². The van der Waals surface area contributed by atoms with Gasteiger partial charge in [-0.25, -0.2) is 19.2 Å². The van der Waals surface area contributed by atoms with Gasteiger partial charge in [-0.15, -0.1) is 0 Å². The van der Waals surface area contributed by atoms with E-state index in [0.717, 1.165) is 56.1 Å². The molecular formula is C48H50N8O8. The lowest BCUT2D eigenvalue weighted by Crippen LogP contribution is -2.61. The van der Waals surface area contributed by atoms with E-state index < -0.39 is 70.7 Å². The highest BCUT2D eigenvalue weighted by molar-refractivity contribution is 5.85. The van der Waals surface area contributed by atoms with Crippen molar-refractivity contribution >= 4 is 47.1 Å². The Morgan fingerprint density at radius 2 is 0.750 bits per heavy atom. The van der Waals surface area contributed by atoms with Crippen molar-refractivity contribution in [1.82, 2.24) is 19.6 Å². The second kappa shape index (κ2) is 13.3. The van der Waals surface area contributed by atoms with Crippen LogP contribution in [0.4, 0.5) is 41.9 Å². The fourth-order valence-electron chi connectivity index (χ4n) is 14.2. The molecule has 16 heteroatoms. The van der Waals surface area contributed by atoms with Crippen LogP contribution in [-0.4, -0.2) is 123 Å². The van der Waals surface area contributed by atoms with Crippen LogP contribution in [0.15, 0.2) is 84.9 Å². The molecule has 0 aliphatic carbocycles. The first-order chi connectivity index (χ1) is 31.2. The Bertz CT molecular complexity index is 2520. The van der Waals surface area contributed by atoms with Gasteiger partial charge in [0.25, 0.3) is 0 Å². The topological polar surface area (TPSA) is 166 Å². The summed E-state index contributed by atoms with van der Waals surface area (Å²) in [5.74, 6) is 0. The third-order valence-corrected chi connectivity index (χ3v) is 16.5. The van der Waals surface area contributed by atoms with Crippen molar-refractivity contribution in [3.8, 4) is 0 Å². The molecule has 330 valence electrons. The molecule has 0 saturated carbocycles. The molecule has 4 amide bonds. The molecule has 0 radical (unpaired) electrons. The highest BCUT2D eigenvalue weighted by atomic mass is 16.6. The van der Waals surface area contributed by atoms with Crippen molar-refractivity contribution in [2.24, 2.45) is 0 Å². The molecule has 8 atom stereocenters. The molecule has 7 unspecified atom stereocenters. The van der Waals surface area contributed by atoms with E-state index in [0.29, 0.717) is 51.9 Å². The number of rotatable bonds is 3. The summed E-state index contributed by atoms with van der Waals surface area (Å²) in [4.78, 5) is 62.2. The number of benzene rings is 4. The SMILES string of the molecule is COC(=O)N1CCC2(c3cccc4c3NC3N(C(=O)OC)CCC43C34CCN(C(=O)OC)[C@H]3Nc3c(C56CCN(C(=O)OC)C5Nc5ccccc56)cccc34)c3ccccc3NC12. The molecule has 4 saturated heterocycles. The quantitative estimate of drug-likeness (QED) is 0.170. The molecule has 8 heterocycles. The van der Waals surface area contributed by atoms with E-state index in [-0.39, 0.29) is 0 Å². The minimum Gasteiger partial charge on any atom is -0.453 e. The average Bonchev–Trinajstić information content (AvgIpc) is 4.20. The Kier molecular flexibility index (Phi) is 8.09. The molecule has 4 fully saturated rings. The zero-order valence-corrected chi connectivity index (χ0v) is 36.1. The lowest BCUT2D eigenvalue weighted by atomic mass is 9.54. The van der Waals surface area contributed by atoms with Gasteiger partial charge in [-0.1, -0.05) is 72.8 Å². The van der Waals surface area contributed by atoms with E-state index in [4.69, 9.17) is 18.9 Å². The van der Waals surface area contributed by atoms with E-state index in [9.17, 15) is 19.2 Å². The van der Waals surface area contributed by atoms with Gasteiger partial charge in [0.15, 0.2) is 0 Å². The van der Waals surface area contributed by atoms with Gasteiger partial charge in [-0.3, -0.25) is 19.6 Å². The third kappa shape index (κ3) is 4.38. The molecule has 0 aromatic heterocycles. The smallest absolute Gasteiger partial charge is 0.411 e. The van der Waals surface area contributed by atoms with E-state index in [1.54, 1.807) is 19.6 Å². The number of hydrogen-bond acceptors (Lipinski definition) is 12. The molecule has 8 aliphatic heterocycles. The number of nitrogens with one attached hydrogen (secondary N) is 4. The van der Waals surface area contributed by atoms with Crippen molar-refractivity contribution in [3.05, 3.63) is 118 Å². The standard InChI is InChI=1S/C48H50N8O8/c1-61-41(57)53-23-19-45(27-11-5-7-17-33(27)49-37(45)53)29-13-9-15-31-35(29)51-39-47(31,21-25-55(39)43(59)63-3)48-22-26-56(44(60)64-4)40(48)52-36-30(14-10-16-32(36)48)46-20-24-54(42(58)62-2)38(46)50-34-18-8-6-12-28(34)46/h5-18,37-40,49-52H,19-26H2,1-4H3/t37?,38?,39-,40?,45?,46?,47?,48?/m1/s1. The average molecular weight is 867 g/mol. The van der Waals surface area contributed by atoms with Crippen molar-refractivity contribution in [2.75, 3.05) is 75.9 Å². The van der Waals surface area contributed by atoms with Crippen LogP contribution in [0.5, 0.6) is 0 Å². The number of carbonyl (C=O) groups excluding carboxylic acids is 4. The Labute approximate surface area is 370 Å². The van der Waals surface area contributed by atoms with Gasteiger partial charge in [0.2, 0.25) is 0 Å². The lowest BCUT2D eigenvalue weighted by Gasteiger charge is -2.48. The molecule has 4 aromatic carbocycles. The zero-order chi connectivity index (χ0) is 43.9. The van der Waals surface area contributed by atoms with Crippen molar-refractivity contribution in [2.45, 2.75) is 72.0 Å². The molecule has 0 spiro atoms. The number of amides is 4. The fourth-order valence-corrected chi connectivity index (χ4v) is 14.2. The van der Waals surface area contributed by atoms with Crippen LogP contribution >= 0.6 is 0 Å². The maximum atomic E-state index is 14.1. The number of hydrogen-bond donors (Lipinski definition) is 4. The van der Waals surface area contributed by atoms with E-state index in [1.165, 1.54) is 28.4 Å². The number of fused-ring (bicyclic) bond motifs is 13. The summed E-state index contributed by atoms with van der Waals surface area (Å²) < 4.78 is 21.8. The first-order valence-corrected chi connectivity index (χ1v) is 22.1. The minimum absolute atomic E-state index is 0.404. The predicted octanol–water partition coefficient (Wildman–Crippen LogP) is 6.33. The highest BCUT2D eigenvalue weighted by Gasteiger charge is 2.75. The summed E-state index contributed by atoms with van der Waals surface area (Å²) in [6.07, 6.45) is -1.39. The Morgan fingerprint density at radius 1 is 0.422 bits per heavy atom. The lowest BCUT2D eigenvalue weighted by molar-refractivity contribution is 0.0908. The van der Waals surface area contributed by atoms with Crippen LogP contribution in [0.25, 0.3) is 0 Å². The van der Waals surface area contributed by atoms with Gasteiger partial charge in [0, 0.05) is 48.9 Å². The largest absolute Gasteiger partial charge is 0.453 e. The zero-order valence-electron chi connectivity index (χ0n) is 36.1. The van der Waals surface area contributed by atoms with Crippen molar-refractivity contribution in [3.63, 3.8) is 0 Å². The Hall–Kier alpha value is -6.84. The first-order valence-electron chi connectivity index (χ1n) is 22.1. The first kappa shape index (κ1) is 38.8. The molecular weight excluding hydrogens is 817 g/mol. The third-order valence-electron chi connectivity index (χ3n) is 16.5. The molecule has 8 aliphatic rings. The van der Waals surface area contributed by atoms with Crippen molar-refractivity contribution < 1.29 is 38.1 Å². The molecule has 0 bridgehead atoms. The monoisotopic (exact) mass is 866 g/mol. The van der Waals surface area contributed by atoms with E-state index in [1.807, 2.05) is 24.3 Å². The fraction of sp³-hybridized carbons (Fsp3) is 0.417. The van der Waals surface area contributed by atoms with E-state index >= 15 is 0 Å². The Morgan fingerprint density at radius 3 is 1.14 bits per heavy atom. The molecule has 4 aromatic rings. The van der Waals surface area contributed by atoms with Crippen LogP contribution < -0.4 is 21.3 Å². The predicted molar refractivity (Wildman–Crippen MR) is 235 cm³/mol. The maximum Gasteiger partial charge on any atom is 0.411 e. The number of nitrogens with zero attached hydrogens (tertiary/aromatic N) is 4. The second-order valence-electron chi connectivity index (χ2n) is 18.3. The summed E-state index contributed by atoms with van der Waals surface area (Å²) in [5, 5.41) is 15.4. The number of ether oxygens (including phenoxy) is 4. The summed E-state index contributed by atoms with van der Waals surface area (Å²) in [6, 6.07) is 29.3. The second-order valence-corrected chi connectivity index (χ2v) is 18.3. The van der Waals surface area contributed by atoms with Crippen LogP contribution in [0.1, 0.15) is 59.1 Å². The van der Waals surface area contributed by atoms with E-state index in [2.05, 4.69) is 81.9 Å². The van der Waals surface area contributed by atoms with Gasteiger partial charge in [0.05, 0.1) is 50.1 Å².